The summed E-state index contributed by atoms with van der Waals surface area (Å²) in [6.07, 6.45) is 2.32. The van der Waals surface area contributed by atoms with Crippen LogP contribution in [0.4, 0.5) is 0 Å². The topological polar surface area (TPSA) is 80.3 Å². The minimum Gasteiger partial charge on any atom is -0.216 e. The predicted octanol–water partition coefficient (Wildman–Crippen LogP) is 2.96. The molecule has 0 spiro atoms. The fourth-order valence-electron chi connectivity index (χ4n) is 2.24. The maximum Gasteiger partial charge on any atom is 0.215 e. The Hall–Kier alpha value is -2.72. The second kappa shape index (κ2) is 5.82. The quantitative estimate of drug-likeness (QED) is 0.735. The van der Waals surface area contributed by atoms with Crippen molar-refractivity contribution in [3.63, 3.8) is 0 Å². The van der Waals surface area contributed by atoms with Crippen molar-refractivity contribution in [3.05, 3.63) is 54.0 Å². The van der Waals surface area contributed by atoms with Gasteiger partial charge in [0.1, 0.15) is 16.9 Å². The lowest BCUT2D eigenvalue weighted by molar-refractivity contribution is 0.781. The van der Waals surface area contributed by atoms with Crippen molar-refractivity contribution in [2.75, 3.05) is 0 Å². The molecule has 0 aliphatic heterocycles. The molecular weight excluding hydrogens is 308 g/mol. The number of nitriles is 1. The van der Waals surface area contributed by atoms with Crippen LogP contribution in [-0.2, 0) is 0 Å². The highest BCUT2D eigenvalue weighted by Gasteiger charge is 2.30. The molecule has 0 atom stereocenters. The average Bonchev–Trinajstić information content (AvgIpc) is 3.37. The van der Waals surface area contributed by atoms with Crippen LogP contribution in [0, 0.1) is 11.3 Å². The van der Waals surface area contributed by atoms with E-state index in [1.807, 2.05) is 41.1 Å². The van der Waals surface area contributed by atoms with E-state index >= 15 is 0 Å². The van der Waals surface area contributed by atoms with Crippen LogP contribution in [0.25, 0.3) is 5.69 Å². The van der Waals surface area contributed by atoms with Crippen LogP contribution in [0.2, 0.25) is 0 Å². The summed E-state index contributed by atoms with van der Waals surface area (Å²) in [5.74, 6) is 1.49. The fourth-order valence-corrected chi connectivity index (χ4v) is 2.91. The number of hydrogen-bond donors (Lipinski definition) is 0. The van der Waals surface area contributed by atoms with Crippen molar-refractivity contribution in [1.82, 2.24) is 25.0 Å². The van der Waals surface area contributed by atoms with Gasteiger partial charge in [-0.25, -0.2) is 9.67 Å². The van der Waals surface area contributed by atoms with Crippen LogP contribution in [0.15, 0.2) is 52.6 Å². The molecule has 7 heteroatoms. The Balaban J connectivity index is 1.65. The molecule has 1 aliphatic rings. The van der Waals surface area contributed by atoms with Gasteiger partial charge in [-0.2, -0.15) is 5.26 Å². The van der Waals surface area contributed by atoms with Gasteiger partial charge in [0.15, 0.2) is 5.69 Å². The first-order chi connectivity index (χ1) is 11.3. The highest BCUT2D eigenvalue weighted by Crippen LogP contribution is 2.40. The first-order valence-electron chi connectivity index (χ1n) is 7.27. The van der Waals surface area contributed by atoms with E-state index in [0.717, 1.165) is 24.4 Å². The molecule has 23 heavy (non-hydrogen) atoms. The second-order valence-corrected chi connectivity index (χ2v) is 6.23. The molecule has 3 aromatic rings. The summed E-state index contributed by atoms with van der Waals surface area (Å²) in [7, 11) is 0. The summed E-state index contributed by atoms with van der Waals surface area (Å²) in [6, 6.07) is 15.4. The van der Waals surface area contributed by atoms with Crippen molar-refractivity contribution in [2.24, 2.45) is 0 Å². The molecule has 112 valence electrons. The van der Waals surface area contributed by atoms with E-state index in [1.54, 1.807) is 12.1 Å². The summed E-state index contributed by atoms with van der Waals surface area (Å²) in [6.45, 7) is 0. The van der Waals surface area contributed by atoms with E-state index < -0.39 is 0 Å². The minimum atomic E-state index is 0.302. The molecule has 0 amide bonds. The summed E-state index contributed by atoms with van der Waals surface area (Å²) in [5.41, 5.74) is 1.32. The smallest absolute Gasteiger partial charge is 0.215 e. The van der Waals surface area contributed by atoms with Gasteiger partial charge in [0.2, 0.25) is 5.16 Å². The van der Waals surface area contributed by atoms with Crippen LogP contribution in [0.1, 0.15) is 30.3 Å². The molecule has 0 bridgehead atoms. The summed E-state index contributed by atoms with van der Waals surface area (Å²) in [4.78, 5) is 4.67. The van der Waals surface area contributed by atoms with Crippen molar-refractivity contribution in [3.8, 4) is 11.8 Å². The van der Waals surface area contributed by atoms with Gasteiger partial charge in [-0.15, -0.1) is 15.3 Å². The molecule has 2 heterocycles. The summed E-state index contributed by atoms with van der Waals surface area (Å²) < 4.78 is 1.91. The zero-order valence-electron chi connectivity index (χ0n) is 12.1. The number of hydrogen-bond acceptors (Lipinski definition) is 6. The Morgan fingerprint density at radius 1 is 1.09 bits per heavy atom. The standard InChI is InChI=1S/C16H12N6S/c17-10-12-8-9-14(20-19-12)23-16-18-15(11-6-7-11)22(21-16)13-4-2-1-3-5-13/h1-5,8-9,11H,6-7H2. The number of nitrogens with zero attached hydrogens (tertiary/aromatic N) is 6. The first-order valence-corrected chi connectivity index (χ1v) is 8.09. The van der Waals surface area contributed by atoms with E-state index in [2.05, 4.69) is 20.3 Å². The maximum atomic E-state index is 8.76. The van der Waals surface area contributed by atoms with Gasteiger partial charge in [0.05, 0.1) is 5.69 Å². The molecule has 1 aliphatic carbocycles. The lowest BCUT2D eigenvalue weighted by atomic mass is 10.3. The highest BCUT2D eigenvalue weighted by molar-refractivity contribution is 7.99. The van der Waals surface area contributed by atoms with Crippen molar-refractivity contribution < 1.29 is 0 Å². The number of benzene rings is 1. The van der Waals surface area contributed by atoms with Gasteiger partial charge in [-0.3, -0.25) is 0 Å². The van der Waals surface area contributed by atoms with Crippen LogP contribution in [0.3, 0.4) is 0 Å². The zero-order chi connectivity index (χ0) is 15.6. The number of para-hydroxylation sites is 1. The molecule has 1 fully saturated rings. The van der Waals surface area contributed by atoms with Crippen molar-refractivity contribution in [1.29, 1.82) is 5.26 Å². The van der Waals surface area contributed by atoms with E-state index in [9.17, 15) is 0 Å². The Bertz CT molecular complexity index is 862. The van der Waals surface area contributed by atoms with Crippen molar-refractivity contribution in [2.45, 2.75) is 28.9 Å². The third-order valence-corrected chi connectivity index (χ3v) is 4.29. The van der Waals surface area contributed by atoms with Gasteiger partial charge >= 0.3 is 0 Å². The highest BCUT2D eigenvalue weighted by atomic mass is 32.2. The summed E-state index contributed by atoms with van der Waals surface area (Å²) in [5, 5.41) is 22.6. The van der Waals surface area contributed by atoms with Crippen LogP contribution in [-0.4, -0.2) is 25.0 Å². The van der Waals surface area contributed by atoms with Gasteiger partial charge in [0, 0.05) is 5.92 Å². The van der Waals surface area contributed by atoms with Crippen LogP contribution in [0.5, 0.6) is 0 Å². The molecule has 6 nitrogen and oxygen atoms in total. The first kappa shape index (κ1) is 13.9. The minimum absolute atomic E-state index is 0.302. The third kappa shape index (κ3) is 2.94. The zero-order valence-corrected chi connectivity index (χ0v) is 12.9. The van der Waals surface area contributed by atoms with E-state index in [4.69, 9.17) is 5.26 Å². The lowest BCUT2D eigenvalue weighted by Gasteiger charge is -2.03. The van der Waals surface area contributed by atoms with E-state index in [-0.39, 0.29) is 0 Å². The predicted molar refractivity (Wildman–Crippen MR) is 84.2 cm³/mol. The third-order valence-electron chi connectivity index (χ3n) is 3.51. The molecule has 0 saturated heterocycles. The monoisotopic (exact) mass is 320 g/mol. The van der Waals surface area contributed by atoms with Crippen LogP contribution >= 0.6 is 11.8 Å². The maximum absolute atomic E-state index is 8.76. The molecule has 0 unspecified atom stereocenters. The van der Waals surface area contributed by atoms with Gasteiger partial charge < -0.3 is 0 Å². The van der Waals surface area contributed by atoms with Crippen molar-refractivity contribution >= 4 is 11.8 Å². The number of rotatable bonds is 4. The Morgan fingerprint density at radius 3 is 2.57 bits per heavy atom. The van der Waals surface area contributed by atoms with Gasteiger partial charge in [0.25, 0.3) is 0 Å². The SMILES string of the molecule is N#Cc1ccc(Sc2nc(C3CC3)n(-c3ccccc3)n2)nn1. The summed E-state index contributed by atoms with van der Waals surface area (Å²) >= 11 is 1.36. The molecule has 1 aromatic carbocycles. The number of aromatic nitrogens is 5. The normalized spacial score (nSPS) is 13.7. The molecular formula is C16H12N6S. The Labute approximate surface area is 137 Å². The molecule has 4 rings (SSSR count). The van der Waals surface area contributed by atoms with E-state index in [0.29, 0.717) is 21.8 Å². The van der Waals surface area contributed by atoms with E-state index in [1.165, 1.54) is 11.8 Å². The molecule has 0 radical (unpaired) electrons. The molecule has 2 aromatic heterocycles. The van der Waals surface area contributed by atoms with Gasteiger partial charge in [-0.1, -0.05) is 18.2 Å². The molecule has 1 saturated carbocycles. The van der Waals surface area contributed by atoms with Crippen LogP contribution < -0.4 is 0 Å². The Kier molecular flexibility index (Phi) is 3.52. The Morgan fingerprint density at radius 2 is 1.91 bits per heavy atom. The van der Waals surface area contributed by atoms with Gasteiger partial charge in [-0.05, 0) is 48.9 Å². The lowest BCUT2D eigenvalue weighted by Crippen LogP contribution is -2.01. The molecule has 0 N–H and O–H groups in total. The fraction of sp³-hybridized carbons (Fsp3) is 0.188. The average molecular weight is 320 g/mol. The second-order valence-electron chi connectivity index (χ2n) is 5.24. The largest absolute Gasteiger partial charge is 0.216 e.